The van der Waals surface area contributed by atoms with E-state index >= 15 is 0 Å². The van der Waals surface area contributed by atoms with Gasteiger partial charge in [0.1, 0.15) is 12.8 Å². The van der Waals surface area contributed by atoms with E-state index in [0.29, 0.717) is 6.61 Å². The fraction of sp³-hybridized carbons (Fsp3) is 0.533. The Morgan fingerprint density at radius 1 is 1.30 bits per heavy atom. The van der Waals surface area contributed by atoms with Crippen LogP contribution in [0.1, 0.15) is 19.8 Å². The lowest BCUT2D eigenvalue weighted by Crippen LogP contribution is -2.54. The van der Waals surface area contributed by atoms with Crippen LogP contribution in [-0.4, -0.2) is 47.6 Å². The standard InChI is InChI=1S/C15H20N2O3/c1-11-9-13(18)7-8-16(11)14-10-20-15(19)17(14)12-5-3-2-4-6-12/h2-6,11,13-14,18H,7-10H2,1H3. The minimum absolute atomic E-state index is 0.0765. The topological polar surface area (TPSA) is 53.0 Å². The van der Waals surface area contributed by atoms with E-state index in [4.69, 9.17) is 4.74 Å². The second kappa shape index (κ2) is 5.42. The molecule has 1 amide bonds. The number of carbonyl (C=O) groups excluding carboxylic acids is 1. The van der Waals surface area contributed by atoms with Crippen molar-refractivity contribution < 1.29 is 14.6 Å². The van der Waals surface area contributed by atoms with Crippen molar-refractivity contribution in [3.8, 4) is 0 Å². The molecule has 0 aliphatic carbocycles. The number of nitrogens with zero attached hydrogens (tertiary/aromatic N) is 2. The third kappa shape index (κ3) is 2.39. The monoisotopic (exact) mass is 276 g/mol. The van der Waals surface area contributed by atoms with Crippen molar-refractivity contribution in [2.75, 3.05) is 18.1 Å². The first-order chi connectivity index (χ1) is 9.66. The van der Waals surface area contributed by atoms with Crippen molar-refractivity contribution in [2.24, 2.45) is 0 Å². The Morgan fingerprint density at radius 2 is 2.05 bits per heavy atom. The third-order valence-corrected chi connectivity index (χ3v) is 4.17. The maximum absolute atomic E-state index is 12.0. The molecular formula is C15H20N2O3. The van der Waals surface area contributed by atoms with E-state index in [1.807, 2.05) is 30.3 Å². The minimum Gasteiger partial charge on any atom is -0.445 e. The van der Waals surface area contributed by atoms with Gasteiger partial charge in [-0.25, -0.2) is 4.79 Å². The van der Waals surface area contributed by atoms with Crippen LogP contribution in [0, 0.1) is 0 Å². The number of carbonyl (C=O) groups is 1. The molecule has 1 N–H and O–H groups in total. The molecule has 20 heavy (non-hydrogen) atoms. The molecule has 0 aromatic heterocycles. The van der Waals surface area contributed by atoms with Gasteiger partial charge in [0.15, 0.2) is 0 Å². The first-order valence-corrected chi connectivity index (χ1v) is 7.11. The second-order valence-electron chi connectivity index (χ2n) is 5.53. The zero-order chi connectivity index (χ0) is 14.1. The Kier molecular flexibility index (Phi) is 3.63. The van der Waals surface area contributed by atoms with Crippen LogP contribution in [0.5, 0.6) is 0 Å². The molecule has 2 aliphatic rings. The maximum atomic E-state index is 12.0. The summed E-state index contributed by atoms with van der Waals surface area (Å²) in [5.41, 5.74) is 0.860. The molecule has 0 radical (unpaired) electrons. The normalized spacial score (nSPS) is 31.4. The molecule has 3 rings (SSSR count). The fourth-order valence-electron chi connectivity index (χ4n) is 3.13. The van der Waals surface area contributed by atoms with Crippen LogP contribution < -0.4 is 4.90 Å². The van der Waals surface area contributed by atoms with Gasteiger partial charge in [-0.1, -0.05) is 18.2 Å². The Morgan fingerprint density at radius 3 is 2.75 bits per heavy atom. The average Bonchev–Trinajstić information content (AvgIpc) is 2.81. The molecular weight excluding hydrogens is 256 g/mol. The maximum Gasteiger partial charge on any atom is 0.415 e. The zero-order valence-corrected chi connectivity index (χ0v) is 11.6. The number of para-hydroxylation sites is 1. The van der Waals surface area contributed by atoms with Crippen LogP contribution in [0.15, 0.2) is 30.3 Å². The quantitative estimate of drug-likeness (QED) is 0.895. The second-order valence-corrected chi connectivity index (χ2v) is 5.53. The van der Waals surface area contributed by atoms with Crippen molar-refractivity contribution in [3.05, 3.63) is 30.3 Å². The molecule has 108 valence electrons. The van der Waals surface area contributed by atoms with Crippen molar-refractivity contribution in [1.82, 2.24) is 4.90 Å². The van der Waals surface area contributed by atoms with E-state index in [1.54, 1.807) is 4.90 Å². The highest BCUT2D eigenvalue weighted by Gasteiger charge is 2.41. The molecule has 3 atom stereocenters. The molecule has 0 spiro atoms. The van der Waals surface area contributed by atoms with Crippen molar-refractivity contribution in [2.45, 2.75) is 38.1 Å². The highest BCUT2D eigenvalue weighted by Crippen LogP contribution is 2.29. The van der Waals surface area contributed by atoms with Crippen LogP contribution in [0.3, 0.4) is 0 Å². The lowest BCUT2D eigenvalue weighted by Gasteiger charge is -2.41. The van der Waals surface area contributed by atoms with Gasteiger partial charge < -0.3 is 9.84 Å². The summed E-state index contributed by atoms with van der Waals surface area (Å²) in [6, 6.07) is 9.85. The lowest BCUT2D eigenvalue weighted by atomic mass is 10.00. The number of benzene rings is 1. The highest BCUT2D eigenvalue weighted by atomic mass is 16.6. The SMILES string of the molecule is CC1CC(O)CCN1C1COC(=O)N1c1ccccc1. The number of aliphatic hydroxyl groups excluding tert-OH is 1. The Balaban J connectivity index is 1.83. The number of aliphatic hydroxyl groups is 1. The summed E-state index contributed by atoms with van der Waals surface area (Å²) in [4.78, 5) is 16.0. The van der Waals surface area contributed by atoms with Crippen LogP contribution >= 0.6 is 0 Å². The van der Waals surface area contributed by atoms with Crippen molar-refractivity contribution in [3.63, 3.8) is 0 Å². The minimum atomic E-state index is -0.292. The molecule has 0 bridgehead atoms. The summed E-state index contributed by atoms with van der Waals surface area (Å²) in [6.07, 6.45) is 0.890. The molecule has 2 aliphatic heterocycles. The first kappa shape index (κ1) is 13.4. The van der Waals surface area contributed by atoms with Gasteiger partial charge in [0.05, 0.1) is 6.10 Å². The first-order valence-electron chi connectivity index (χ1n) is 7.11. The van der Waals surface area contributed by atoms with Gasteiger partial charge in [-0.15, -0.1) is 0 Å². The smallest absolute Gasteiger partial charge is 0.415 e. The van der Waals surface area contributed by atoms with Crippen LogP contribution in [0.2, 0.25) is 0 Å². The third-order valence-electron chi connectivity index (χ3n) is 4.17. The summed E-state index contributed by atoms with van der Waals surface area (Å²) >= 11 is 0. The number of hydrogen-bond donors (Lipinski definition) is 1. The average molecular weight is 276 g/mol. The number of ether oxygens (including phenoxy) is 1. The molecule has 2 fully saturated rings. The van der Waals surface area contributed by atoms with E-state index in [-0.39, 0.29) is 24.4 Å². The number of cyclic esters (lactones) is 1. The van der Waals surface area contributed by atoms with Gasteiger partial charge >= 0.3 is 6.09 Å². The number of amides is 1. The molecule has 5 heteroatoms. The summed E-state index contributed by atoms with van der Waals surface area (Å²) in [5.74, 6) is 0. The van der Waals surface area contributed by atoms with Gasteiger partial charge in [0.2, 0.25) is 0 Å². The van der Waals surface area contributed by atoms with Gasteiger partial charge in [0.25, 0.3) is 0 Å². The van der Waals surface area contributed by atoms with Gasteiger partial charge in [-0.3, -0.25) is 9.80 Å². The summed E-state index contributed by atoms with van der Waals surface area (Å²) in [6.45, 7) is 3.26. The predicted molar refractivity (Wildman–Crippen MR) is 75.5 cm³/mol. The van der Waals surface area contributed by atoms with Crippen molar-refractivity contribution >= 4 is 11.8 Å². The van der Waals surface area contributed by atoms with E-state index in [1.165, 1.54) is 0 Å². The van der Waals surface area contributed by atoms with Crippen molar-refractivity contribution in [1.29, 1.82) is 0 Å². The number of anilines is 1. The van der Waals surface area contributed by atoms with Gasteiger partial charge in [-0.05, 0) is 31.9 Å². The molecule has 3 unspecified atom stereocenters. The van der Waals surface area contributed by atoms with Crippen LogP contribution in [-0.2, 0) is 4.74 Å². The lowest BCUT2D eigenvalue weighted by molar-refractivity contribution is 0.0216. The zero-order valence-electron chi connectivity index (χ0n) is 11.6. The number of rotatable bonds is 2. The van der Waals surface area contributed by atoms with Crippen LogP contribution in [0.25, 0.3) is 0 Å². The molecule has 0 saturated carbocycles. The van der Waals surface area contributed by atoms with Gasteiger partial charge in [-0.2, -0.15) is 0 Å². The Hall–Kier alpha value is -1.59. The molecule has 2 heterocycles. The molecule has 5 nitrogen and oxygen atoms in total. The Bertz CT molecular complexity index is 479. The molecule has 1 aromatic rings. The number of piperidine rings is 1. The summed E-state index contributed by atoms with van der Waals surface area (Å²) in [5, 5.41) is 9.74. The largest absolute Gasteiger partial charge is 0.445 e. The van der Waals surface area contributed by atoms with Crippen LogP contribution in [0.4, 0.5) is 10.5 Å². The van der Waals surface area contributed by atoms with E-state index in [9.17, 15) is 9.90 Å². The van der Waals surface area contributed by atoms with E-state index in [0.717, 1.165) is 25.1 Å². The molecule has 1 aromatic carbocycles. The van der Waals surface area contributed by atoms with Gasteiger partial charge in [0, 0.05) is 18.3 Å². The van der Waals surface area contributed by atoms with E-state index < -0.39 is 0 Å². The molecule has 2 saturated heterocycles. The Labute approximate surface area is 118 Å². The predicted octanol–water partition coefficient (Wildman–Crippen LogP) is 1.81. The number of hydrogen-bond acceptors (Lipinski definition) is 4. The number of likely N-dealkylation sites (tertiary alicyclic amines) is 1. The summed E-state index contributed by atoms with van der Waals surface area (Å²) in [7, 11) is 0. The van der Waals surface area contributed by atoms with E-state index in [2.05, 4.69) is 11.8 Å². The fourth-order valence-corrected chi connectivity index (χ4v) is 3.13. The summed E-state index contributed by atoms with van der Waals surface area (Å²) < 4.78 is 5.24. The highest BCUT2D eigenvalue weighted by molar-refractivity contribution is 5.90.